The largest absolute Gasteiger partial charge is 0.455 e. The SMILES string of the molecule is CO[N+](C)=CC(=O)Nc1ccccc1Oc1ccccc1. The van der Waals surface area contributed by atoms with Crippen molar-refractivity contribution in [2.24, 2.45) is 0 Å². The summed E-state index contributed by atoms with van der Waals surface area (Å²) in [5.74, 6) is 0.978. The summed E-state index contributed by atoms with van der Waals surface area (Å²) in [5, 5.41) is 2.75. The molecule has 2 aromatic rings. The van der Waals surface area contributed by atoms with Crippen LogP contribution in [0.25, 0.3) is 0 Å². The molecule has 0 bridgehead atoms. The molecule has 0 saturated heterocycles. The number of hydrogen-bond donors (Lipinski definition) is 1. The summed E-state index contributed by atoms with van der Waals surface area (Å²) >= 11 is 0. The number of carbonyl (C=O) groups is 1. The van der Waals surface area contributed by atoms with Crippen molar-refractivity contribution < 1.29 is 19.1 Å². The molecule has 5 heteroatoms. The summed E-state index contributed by atoms with van der Waals surface area (Å²) in [5.41, 5.74) is 0.590. The molecule has 1 N–H and O–H groups in total. The number of benzene rings is 2. The fraction of sp³-hybridized carbons (Fsp3) is 0.125. The number of para-hydroxylation sites is 3. The molecule has 0 aliphatic rings. The Morgan fingerprint density at radius 2 is 1.76 bits per heavy atom. The Morgan fingerprint density at radius 1 is 1.10 bits per heavy atom. The van der Waals surface area contributed by atoms with Crippen molar-refractivity contribution in [1.82, 2.24) is 0 Å². The molecule has 0 saturated carbocycles. The number of anilines is 1. The van der Waals surface area contributed by atoms with Crippen LogP contribution in [0.3, 0.4) is 0 Å². The minimum absolute atomic E-state index is 0.302. The van der Waals surface area contributed by atoms with Crippen molar-refractivity contribution in [3.63, 3.8) is 0 Å². The highest BCUT2D eigenvalue weighted by Crippen LogP contribution is 2.28. The average molecular weight is 285 g/mol. The van der Waals surface area contributed by atoms with E-state index in [2.05, 4.69) is 5.32 Å². The fourth-order valence-electron chi connectivity index (χ4n) is 1.66. The maximum Gasteiger partial charge on any atom is 0.317 e. The number of rotatable bonds is 5. The van der Waals surface area contributed by atoms with E-state index in [1.165, 1.54) is 18.1 Å². The summed E-state index contributed by atoms with van der Waals surface area (Å²) in [4.78, 5) is 16.7. The van der Waals surface area contributed by atoms with E-state index in [0.29, 0.717) is 17.2 Å². The summed E-state index contributed by atoms with van der Waals surface area (Å²) in [7, 11) is 3.11. The second kappa shape index (κ2) is 7.09. The summed E-state index contributed by atoms with van der Waals surface area (Å²) in [6.07, 6.45) is 1.30. The van der Waals surface area contributed by atoms with Crippen molar-refractivity contribution in [3.05, 3.63) is 54.6 Å². The van der Waals surface area contributed by atoms with Gasteiger partial charge in [0.05, 0.1) is 5.69 Å². The monoisotopic (exact) mass is 285 g/mol. The van der Waals surface area contributed by atoms with Crippen molar-refractivity contribution >= 4 is 17.8 Å². The normalized spacial score (nSPS) is 10.9. The smallest absolute Gasteiger partial charge is 0.317 e. The average Bonchev–Trinajstić information content (AvgIpc) is 2.50. The predicted octanol–water partition coefficient (Wildman–Crippen LogP) is 2.69. The van der Waals surface area contributed by atoms with E-state index in [-0.39, 0.29) is 5.91 Å². The first-order chi connectivity index (χ1) is 10.2. The van der Waals surface area contributed by atoms with E-state index >= 15 is 0 Å². The first kappa shape index (κ1) is 14.6. The molecular formula is C16H17N2O3+. The van der Waals surface area contributed by atoms with Crippen LogP contribution >= 0.6 is 0 Å². The quantitative estimate of drug-likeness (QED) is 0.522. The maximum absolute atomic E-state index is 11.8. The van der Waals surface area contributed by atoms with Crippen molar-refractivity contribution in [1.29, 1.82) is 0 Å². The molecule has 0 radical (unpaired) electrons. The Labute approximate surface area is 123 Å². The number of amides is 1. The molecule has 0 spiro atoms. The summed E-state index contributed by atoms with van der Waals surface area (Å²) < 4.78 is 7.08. The first-order valence-corrected chi connectivity index (χ1v) is 6.44. The van der Waals surface area contributed by atoms with Crippen molar-refractivity contribution in [2.75, 3.05) is 19.5 Å². The second-order valence-corrected chi connectivity index (χ2v) is 4.26. The molecule has 0 aliphatic carbocycles. The van der Waals surface area contributed by atoms with E-state index in [4.69, 9.17) is 9.57 Å². The molecule has 0 aliphatic heterocycles. The lowest BCUT2D eigenvalue weighted by molar-refractivity contribution is -0.756. The summed E-state index contributed by atoms with van der Waals surface area (Å²) in [6, 6.07) is 16.6. The topological polar surface area (TPSA) is 50.6 Å². The number of hydroxylamine groups is 1. The van der Waals surface area contributed by atoms with Gasteiger partial charge in [0.25, 0.3) is 6.21 Å². The third-order valence-corrected chi connectivity index (χ3v) is 2.70. The number of nitrogens with one attached hydrogen (secondary N) is 1. The molecule has 1 amide bonds. The minimum atomic E-state index is -0.302. The Hall–Kier alpha value is -2.82. The Morgan fingerprint density at radius 3 is 2.48 bits per heavy atom. The van der Waals surface area contributed by atoms with Crippen LogP contribution < -0.4 is 10.1 Å². The third kappa shape index (κ3) is 4.35. The number of carbonyl (C=O) groups excluding carboxylic acids is 1. The Bertz CT molecular complexity index is 639. The van der Waals surface area contributed by atoms with E-state index in [0.717, 1.165) is 0 Å². The first-order valence-electron chi connectivity index (χ1n) is 6.44. The van der Waals surface area contributed by atoms with Crippen LogP contribution in [0, 0.1) is 0 Å². The van der Waals surface area contributed by atoms with E-state index < -0.39 is 0 Å². The zero-order valence-electron chi connectivity index (χ0n) is 11.9. The van der Waals surface area contributed by atoms with Crippen LogP contribution in [0.5, 0.6) is 11.5 Å². The zero-order valence-corrected chi connectivity index (χ0v) is 11.9. The van der Waals surface area contributed by atoms with Gasteiger partial charge < -0.3 is 10.1 Å². The van der Waals surface area contributed by atoms with Crippen molar-refractivity contribution in [3.8, 4) is 11.5 Å². The molecule has 2 aromatic carbocycles. The van der Waals surface area contributed by atoms with Gasteiger partial charge in [-0.15, -0.1) is 0 Å². The predicted molar refractivity (Wildman–Crippen MR) is 80.8 cm³/mol. The molecule has 0 heterocycles. The van der Waals surface area contributed by atoms with Gasteiger partial charge in [0.2, 0.25) is 0 Å². The molecule has 0 aromatic heterocycles. The van der Waals surface area contributed by atoms with Gasteiger partial charge in [-0.25, -0.2) is 0 Å². The van der Waals surface area contributed by atoms with Gasteiger partial charge in [-0.1, -0.05) is 30.3 Å². The molecule has 5 nitrogen and oxygen atoms in total. The van der Waals surface area contributed by atoms with Crippen LogP contribution in [0.4, 0.5) is 5.69 Å². The molecule has 2 rings (SSSR count). The van der Waals surface area contributed by atoms with Gasteiger partial charge in [0, 0.05) is 0 Å². The molecule has 0 fully saturated rings. The highest BCUT2D eigenvalue weighted by Gasteiger charge is 2.10. The number of ether oxygens (including phenoxy) is 1. The number of hydrogen-bond acceptors (Lipinski definition) is 3. The maximum atomic E-state index is 11.8. The highest BCUT2D eigenvalue weighted by atomic mass is 16.6. The highest BCUT2D eigenvalue weighted by molar-refractivity contribution is 6.30. The van der Waals surface area contributed by atoms with Gasteiger partial charge in [0.15, 0.2) is 12.8 Å². The fourth-order valence-corrected chi connectivity index (χ4v) is 1.66. The zero-order chi connectivity index (χ0) is 15.1. The number of nitrogens with zero attached hydrogens (tertiary/aromatic N) is 1. The molecule has 0 atom stereocenters. The van der Waals surface area contributed by atoms with Gasteiger partial charge in [-0.3, -0.25) is 9.63 Å². The standard InChI is InChI=1S/C16H16N2O3/c1-18(20-2)12-16(19)17-14-10-6-7-11-15(14)21-13-8-4-3-5-9-13/h3-12H,1-2H3/p+1. The second-order valence-electron chi connectivity index (χ2n) is 4.26. The van der Waals surface area contributed by atoms with Crippen LogP contribution in [0.2, 0.25) is 0 Å². The summed E-state index contributed by atoms with van der Waals surface area (Å²) in [6.45, 7) is 0. The van der Waals surface area contributed by atoms with Crippen LogP contribution in [0.15, 0.2) is 54.6 Å². The van der Waals surface area contributed by atoms with Crippen LogP contribution in [-0.2, 0) is 9.63 Å². The van der Waals surface area contributed by atoms with E-state index in [9.17, 15) is 4.79 Å². The van der Waals surface area contributed by atoms with Gasteiger partial charge in [-0.2, -0.15) is 0 Å². The lowest BCUT2D eigenvalue weighted by atomic mass is 10.3. The molecule has 0 unspecified atom stereocenters. The van der Waals surface area contributed by atoms with E-state index in [1.54, 1.807) is 19.2 Å². The molecule has 21 heavy (non-hydrogen) atoms. The lowest BCUT2D eigenvalue weighted by Gasteiger charge is -2.10. The lowest BCUT2D eigenvalue weighted by Crippen LogP contribution is -2.19. The van der Waals surface area contributed by atoms with Gasteiger partial charge >= 0.3 is 5.91 Å². The van der Waals surface area contributed by atoms with E-state index in [1.807, 2.05) is 42.5 Å². The van der Waals surface area contributed by atoms with Gasteiger partial charge in [0.1, 0.15) is 12.9 Å². The van der Waals surface area contributed by atoms with Crippen LogP contribution in [-0.4, -0.2) is 31.0 Å². The minimum Gasteiger partial charge on any atom is -0.455 e. The Kier molecular flexibility index (Phi) is 4.93. The van der Waals surface area contributed by atoms with Crippen LogP contribution in [0.1, 0.15) is 0 Å². The van der Waals surface area contributed by atoms with Gasteiger partial charge in [-0.05, 0) is 29.0 Å². The Balaban J connectivity index is 2.16. The third-order valence-electron chi connectivity index (χ3n) is 2.70. The molecule has 108 valence electrons. The van der Waals surface area contributed by atoms with Crippen molar-refractivity contribution in [2.45, 2.75) is 0 Å². The molecular weight excluding hydrogens is 268 g/mol.